The van der Waals surface area contributed by atoms with Crippen molar-refractivity contribution < 1.29 is 29.1 Å². The van der Waals surface area contributed by atoms with E-state index in [0.29, 0.717) is 57.3 Å². The van der Waals surface area contributed by atoms with Crippen molar-refractivity contribution in [3.05, 3.63) is 89.3 Å². The maximum atomic E-state index is 14.1. The number of carbonyl (C=O) groups excluding carboxylic acids is 4. The lowest BCUT2D eigenvalue weighted by atomic mass is 10.0. The van der Waals surface area contributed by atoms with Crippen LogP contribution < -0.4 is 15.5 Å². The topological polar surface area (TPSA) is 188 Å². The zero-order chi connectivity index (χ0) is 37.2. The van der Waals surface area contributed by atoms with Gasteiger partial charge in [0.25, 0.3) is 0 Å². The fraction of sp³-hybridized carbons (Fsp3) is 0.278. The summed E-state index contributed by atoms with van der Waals surface area (Å²) in [6.45, 7) is 1.46. The third-order valence-electron chi connectivity index (χ3n) is 9.56. The van der Waals surface area contributed by atoms with Gasteiger partial charge in [0.05, 0.1) is 11.4 Å². The minimum absolute atomic E-state index is 0.00783. The molecule has 5 aromatic rings. The summed E-state index contributed by atoms with van der Waals surface area (Å²) in [5, 5.41) is 27.6. The third-order valence-corrected chi connectivity index (χ3v) is 9.80. The number of amides is 5. The monoisotopic (exact) mass is 738 g/mol. The third kappa shape index (κ3) is 7.26. The van der Waals surface area contributed by atoms with Crippen LogP contribution in [0.25, 0.3) is 16.6 Å². The fourth-order valence-electron chi connectivity index (χ4n) is 6.80. The van der Waals surface area contributed by atoms with Crippen molar-refractivity contribution in [3.63, 3.8) is 0 Å². The van der Waals surface area contributed by atoms with Crippen molar-refractivity contribution in [3.8, 4) is 5.69 Å². The normalized spacial score (nSPS) is 15.5. The number of nitrogens with one attached hydrogen (secondary N) is 2. The van der Waals surface area contributed by atoms with Gasteiger partial charge in [0.2, 0.25) is 5.91 Å². The molecule has 17 heteroatoms. The van der Waals surface area contributed by atoms with Gasteiger partial charge in [-0.25, -0.2) is 9.59 Å². The molecule has 7 rings (SSSR count). The molecule has 2 aromatic heterocycles. The number of urea groups is 1. The molecule has 0 radical (unpaired) electrons. The minimum Gasteiger partial charge on any atom is -0.477 e. The fourth-order valence-corrected chi connectivity index (χ4v) is 6.97. The zero-order valence-electron chi connectivity index (χ0n) is 28.6. The standard InChI is InChI=1S/C36H35ClN10O6/c1-43-27-12-10-26(18-23(27)19-31(43)35(51)52)39-32(48)30(17-22-5-8-25(9-6-22)40-36(53)44-13-3-2-4-14-44)46-16-15-45(33(49)34(46)50)29-20-24(37)7-11-28(29)47-21-38-41-42-47/h5-12,18-21,30H,2-4,13-17H2,1H3,(H,39,48)(H,40,53)(H,51,52)/t30-/m0/s1. The summed E-state index contributed by atoms with van der Waals surface area (Å²) in [6, 6.07) is 17.0. The van der Waals surface area contributed by atoms with Gasteiger partial charge in [-0.1, -0.05) is 23.7 Å². The van der Waals surface area contributed by atoms with Gasteiger partial charge >= 0.3 is 23.8 Å². The van der Waals surface area contributed by atoms with E-state index in [0.717, 1.165) is 19.3 Å². The Morgan fingerprint density at radius 2 is 1.60 bits per heavy atom. The number of aromatic carboxylic acids is 1. The number of likely N-dealkylation sites (tertiary alicyclic amines) is 1. The molecule has 0 saturated carbocycles. The molecule has 2 saturated heterocycles. The lowest BCUT2D eigenvalue weighted by Crippen LogP contribution is -2.60. The van der Waals surface area contributed by atoms with Crippen LogP contribution in [0, 0.1) is 0 Å². The van der Waals surface area contributed by atoms with Gasteiger partial charge in [-0.2, -0.15) is 4.68 Å². The number of carboxylic acids is 1. The smallest absolute Gasteiger partial charge is 0.352 e. The molecule has 16 nitrogen and oxygen atoms in total. The number of rotatable bonds is 9. The Bertz CT molecular complexity index is 2220. The Morgan fingerprint density at radius 3 is 2.32 bits per heavy atom. The first-order valence-corrected chi connectivity index (χ1v) is 17.4. The molecule has 0 aliphatic carbocycles. The van der Waals surface area contributed by atoms with Gasteiger partial charge in [-0.05, 0) is 89.8 Å². The van der Waals surface area contributed by atoms with Gasteiger partial charge in [-0.15, -0.1) is 5.10 Å². The molecule has 3 aromatic carbocycles. The molecular weight excluding hydrogens is 704 g/mol. The van der Waals surface area contributed by atoms with Gasteiger partial charge in [-0.3, -0.25) is 14.4 Å². The van der Waals surface area contributed by atoms with E-state index in [1.807, 2.05) is 0 Å². The molecule has 1 atom stereocenters. The van der Waals surface area contributed by atoms with E-state index < -0.39 is 29.7 Å². The first-order chi connectivity index (χ1) is 25.6. The molecule has 0 bridgehead atoms. The first-order valence-electron chi connectivity index (χ1n) is 17.0. The van der Waals surface area contributed by atoms with Crippen molar-refractivity contribution in [1.82, 2.24) is 34.6 Å². The Kier molecular flexibility index (Phi) is 9.78. The summed E-state index contributed by atoms with van der Waals surface area (Å²) in [7, 11) is 1.64. The lowest BCUT2D eigenvalue weighted by Gasteiger charge is -2.38. The Hall–Kier alpha value is -6.29. The number of piperazine rings is 1. The molecule has 2 fully saturated rings. The number of carbonyl (C=O) groups is 5. The molecule has 4 heterocycles. The van der Waals surface area contributed by atoms with Crippen LogP contribution >= 0.6 is 11.6 Å². The number of fused-ring (bicyclic) bond motifs is 1. The van der Waals surface area contributed by atoms with E-state index in [1.165, 1.54) is 26.9 Å². The number of nitrogens with zero attached hydrogens (tertiary/aromatic N) is 8. The number of carboxylic acid groups (broad SMARTS) is 1. The van der Waals surface area contributed by atoms with E-state index >= 15 is 0 Å². The van der Waals surface area contributed by atoms with E-state index in [1.54, 1.807) is 77.2 Å². The van der Waals surface area contributed by atoms with E-state index in [9.17, 15) is 29.1 Å². The van der Waals surface area contributed by atoms with Crippen LogP contribution in [0.2, 0.25) is 5.02 Å². The van der Waals surface area contributed by atoms with Crippen LogP contribution in [0.4, 0.5) is 21.9 Å². The van der Waals surface area contributed by atoms with Crippen LogP contribution in [0.5, 0.6) is 0 Å². The molecule has 2 aliphatic heterocycles. The molecule has 3 N–H and O–H groups in total. The molecule has 5 amide bonds. The number of aryl methyl sites for hydroxylation is 1. The molecule has 272 valence electrons. The van der Waals surface area contributed by atoms with E-state index in [4.69, 9.17) is 11.6 Å². The summed E-state index contributed by atoms with van der Waals surface area (Å²) in [5.41, 5.74) is 3.14. The largest absolute Gasteiger partial charge is 0.477 e. The average molecular weight is 739 g/mol. The molecule has 0 spiro atoms. The van der Waals surface area contributed by atoms with Crippen molar-refractivity contribution in [2.45, 2.75) is 31.7 Å². The van der Waals surface area contributed by atoms with Gasteiger partial charge < -0.3 is 35.0 Å². The van der Waals surface area contributed by atoms with E-state index in [-0.39, 0.29) is 31.2 Å². The Balaban J connectivity index is 1.15. The summed E-state index contributed by atoms with van der Waals surface area (Å²) < 4.78 is 2.90. The molecular formula is C36H35ClN10O6. The second-order valence-electron chi connectivity index (χ2n) is 12.9. The quantitative estimate of drug-likeness (QED) is 0.188. The average Bonchev–Trinajstić information content (AvgIpc) is 3.81. The molecule has 0 unspecified atom stereocenters. The highest BCUT2D eigenvalue weighted by Gasteiger charge is 2.40. The van der Waals surface area contributed by atoms with E-state index in [2.05, 4.69) is 26.2 Å². The van der Waals surface area contributed by atoms with Gasteiger partial charge in [0, 0.05) is 66.9 Å². The predicted molar refractivity (Wildman–Crippen MR) is 195 cm³/mol. The predicted octanol–water partition coefficient (Wildman–Crippen LogP) is 3.95. The lowest BCUT2D eigenvalue weighted by molar-refractivity contribution is -0.149. The number of tetrazole rings is 1. The van der Waals surface area contributed by atoms with Crippen LogP contribution in [-0.2, 0) is 27.9 Å². The highest BCUT2D eigenvalue weighted by molar-refractivity contribution is 6.41. The van der Waals surface area contributed by atoms with Crippen molar-refractivity contribution >= 4 is 69.3 Å². The minimum atomic E-state index is -1.12. The first kappa shape index (κ1) is 35.1. The van der Waals surface area contributed by atoms with Crippen LogP contribution in [0.3, 0.4) is 0 Å². The second kappa shape index (κ2) is 14.7. The van der Waals surface area contributed by atoms with Crippen molar-refractivity contribution in [1.29, 1.82) is 0 Å². The zero-order valence-corrected chi connectivity index (χ0v) is 29.4. The maximum absolute atomic E-state index is 14.1. The van der Waals surface area contributed by atoms with Crippen LogP contribution in [-0.4, -0.2) is 102 Å². The summed E-state index contributed by atoms with van der Waals surface area (Å²) in [4.78, 5) is 70.7. The number of anilines is 3. The van der Waals surface area contributed by atoms with Crippen molar-refractivity contribution in [2.24, 2.45) is 7.05 Å². The number of aromatic nitrogens is 5. The molecule has 2 aliphatic rings. The summed E-state index contributed by atoms with van der Waals surface area (Å²) in [6.07, 6.45) is 4.44. The SMILES string of the molecule is Cn1c(C(=O)O)cc2cc(NC(=O)[C@H](Cc3ccc(NC(=O)N4CCCCC4)cc3)N3CCN(c4cc(Cl)ccc4-n4cnnn4)C(=O)C3=O)ccc21. The van der Waals surface area contributed by atoms with Gasteiger partial charge in [0.15, 0.2) is 0 Å². The second-order valence-corrected chi connectivity index (χ2v) is 13.3. The Labute approximate surface area is 307 Å². The van der Waals surface area contributed by atoms with Crippen LogP contribution in [0.15, 0.2) is 73.1 Å². The number of piperidine rings is 1. The maximum Gasteiger partial charge on any atom is 0.352 e. The van der Waals surface area contributed by atoms with Crippen LogP contribution in [0.1, 0.15) is 35.3 Å². The molecule has 53 heavy (non-hydrogen) atoms. The highest BCUT2D eigenvalue weighted by atomic mass is 35.5. The number of hydrogen-bond acceptors (Lipinski definition) is 8. The number of halogens is 1. The highest BCUT2D eigenvalue weighted by Crippen LogP contribution is 2.30. The Morgan fingerprint density at radius 1 is 0.849 bits per heavy atom. The summed E-state index contributed by atoms with van der Waals surface area (Å²) >= 11 is 6.31. The number of hydrogen-bond donors (Lipinski definition) is 3. The summed E-state index contributed by atoms with van der Waals surface area (Å²) in [5.74, 6) is -3.40. The number of benzene rings is 3. The van der Waals surface area contributed by atoms with Crippen molar-refractivity contribution in [2.75, 3.05) is 41.7 Å². The van der Waals surface area contributed by atoms with Gasteiger partial charge in [0.1, 0.15) is 18.1 Å².